The minimum absolute atomic E-state index is 0.0190. The Bertz CT molecular complexity index is 599. The molecule has 1 atom stereocenters. The Balaban J connectivity index is 2.29. The van der Waals surface area contributed by atoms with Gasteiger partial charge in [0.25, 0.3) is 11.6 Å². The Morgan fingerprint density at radius 2 is 2.20 bits per heavy atom. The van der Waals surface area contributed by atoms with E-state index in [9.17, 15) is 19.7 Å². The molecule has 0 aromatic heterocycles. The van der Waals surface area contributed by atoms with Gasteiger partial charge >= 0.3 is 5.97 Å². The number of amides is 1. The van der Waals surface area contributed by atoms with Gasteiger partial charge in [-0.05, 0) is 13.0 Å². The second-order valence-corrected chi connectivity index (χ2v) is 3.89. The van der Waals surface area contributed by atoms with Crippen LogP contribution in [0.5, 0.6) is 0 Å². The number of hydrazone groups is 1. The highest BCUT2D eigenvalue weighted by Crippen LogP contribution is 2.30. The number of nitro benzene ring substituents is 1. The van der Waals surface area contributed by atoms with Crippen LogP contribution < -0.4 is 5.01 Å². The summed E-state index contributed by atoms with van der Waals surface area (Å²) in [5, 5.41) is 15.5. The first-order valence-electron chi connectivity index (χ1n) is 5.84. The number of para-hydroxylation sites is 2. The Morgan fingerprint density at radius 3 is 2.85 bits per heavy atom. The Kier molecular flexibility index (Phi) is 3.74. The van der Waals surface area contributed by atoms with Gasteiger partial charge in [-0.25, -0.2) is 0 Å². The molecule has 0 N–H and O–H groups in total. The zero-order valence-electron chi connectivity index (χ0n) is 10.6. The maximum atomic E-state index is 12.1. The van der Waals surface area contributed by atoms with Gasteiger partial charge in [0.05, 0.1) is 11.5 Å². The number of hydrogen-bond acceptors (Lipinski definition) is 6. The van der Waals surface area contributed by atoms with Crippen LogP contribution in [0.3, 0.4) is 0 Å². The van der Waals surface area contributed by atoms with Gasteiger partial charge in [0.1, 0.15) is 5.69 Å². The van der Waals surface area contributed by atoms with E-state index in [4.69, 9.17) is 4.74 Å². The number of benzene rings is 1. The van der Waals surface area contributed by atoms with Gasteiger partial charge in [-0.15, -0.1) is 0 Å². The van der Waals surface area contributed by atoms with Crippen molar-refractivity contribution in [2.24, 2.45) is 11.0 Å². The van der Waals surface area contributed by atoms with Gasteiger partial charge in [0.15, 0.2) is 5.92 Å². The average molecular weight is 277 g/mol. The van der Waals surface area contributed by atoms with E-state index < -0.39 is 22.7 Å². The molecule has 0 saturated heterocycles. The van der Waals surface area contributed by atoms with Crippen LogP contribution in [-0.4, -0.2) is 29.6 Å². The summed E-state index contributed by atoms with van der Waals surface area (Å²) in [5.74, 6) is -2.55. The van der Waals surface area contributed by atoms with Gasteiger partial charge < -0.3 is 4.74 Å². The lowest BCUT2D eigenvalue weighted by Crippen LogP contribution is -2.32. The molecule has 1 aromatic rings. The van der Waals surface area contributed by atoms with Crippen molar-refractivity contribution in [3.05, 3.63) is 34.4 Å². The molecule has 0 aliphatic carbocycles. The normalized spacial score (nSPS) is 17.4. The summed E-state index contributed by atoms with van der Waals surface area (Å²) in [6, 6.07) is 5.67. The lowest BCUT2D eigenvalue weighted by Gasteiger charge is -2.13. The van der Waals surface area contributed by atoms with E-state index in [0.29, 0.717) is 0 Å². The number of nitrogens with zero attached hydrogens (tertiary/aromatic N) is 3. The Labute approximate surface area is 113 Å². The molecule has 20 heavy (non-hydrogen) atoms. The molecule has 1 aromatic carbocycles. The third kappa shape index (κ3) is 2.35. The second kappa shape index (κ2) is 5.47. The average Bonchev–Trinajstić information content (AvgIpc) is 2.80. The van der Waals surface area contributed by atoms with Crippen molar-refractivity contribution in [2.45, 2.75) is 6.92 Å². The van der Waals surface area contributed by atoms with Gasteiger partial charge in [-0.2, -0.15) is 10.1 Å². The molecular formula is C12H11N3O5. The lowest BCUT2D eigenvalue weighted by atomic mass is 10.1. The van der Waals surface area contributed by atoms with E-state index in [1.807, 2.05) is 0 Å². The van der Waals surface area contributed by atoms with Crippen LogP contribution in [0.15, 0.2) is 29.4 Å². The van der Waals surface area contributed by atoms with Crippen LogP contribution >= 0.6 is 0 Å². The standard InChI is InChI=1S/C12H11N3O5/c1-2-20-12(17)8-7-13-14(11(8)16)9-5-3-4-6-10(9)15(18)19/h3-8H,2H2,1H3. The molecule has 104 valence electrons. The van der Waals surface area contributed by atoms with E-state index in [1.165, 1.54) is 18.2 Å². The second-order valence-electron chi connectivity index (χ2n) is 3.89. The number of nitro groups is 1. The van der Waals surface area contributed by atoms with E-state index >= 15 is 0 Å². The van der Waals surface area contributed by atoms with Crippen LogP contribution in [0.25, 0.3) is 0 Å². The highest BCUT2D eigenvalue weighted by molar-refractivity contribution is 6.20. The third-order valence-electron chi connectivity index (χ3n) is 2.65. The highest BCUT2D eigenvalue weighted by Gasteiger charge is 2.38. The van der Waals surface area contributed by atoms with Crippen molar-refractivity contribution in [1.29, 1.82) is 0 Å². The van der Waals surface area contributed by atoms with Crippen LogP contribution in [0.1, 0.15) is 6.92 Å². The minimum atomic E-state index is -1.16. The number of carbonyl (C=O) groups is 2. The predicted octanol–water partition coefficient (Wildman–Crippen LogP) is 1.11. The molecule has 2 rings (SSSR count). The number of carbonyl (C=O) groups excluding carboxylic acids is 2. The van der Waals surface area contributed by atoms with E-state index in [1.54, 1.807) is 13.0 Å². The molecule has 0 spiro atoms. The maximum absolute atomic E-state index is 12.1. The Morgan fingerprint density at radius 1 is 1.50 bits per heavy atom. The summed E-state index contributed by atoms with van der Waals surface area (Å²) in [7, 11) is 0. The fraction of sp³-hybridized carbons (Fsp3) is 0.250. The zero-order valence-corrected chi connectivity index (χ0v) is 10.6. The number of rotatable bonds is 4. The molecule has 0 fully saturated rings. The monoisotopic (exact) mass is 277 g/mol. The summed E-state index contributed by atoms with van der Waals surface area (Å²) in [6.45, 7) is 1.76. The molecule has 1 aliphatic rings. The molecule has 8 nitrogen and oxygen atoms in total. The molecular weight excluding hydrogens is 266 g/mol. The predicted molar refractivity (Wildman–Crippen MR) is 69.2 cm³/mol. The smallest absolute Gasteiger partial charge is 0.324 e. The molecule has 0 bridgehead atoms. The van der Waals surface area contributed by atoms with Crippen molar-refractivity contribution in [1.82, 2.24) is 0 Å². The van der Waals surface area contributed by atoms with Crippen molar-refractivity contribution in [3.8, 4) is 0 Å². The fourth-order valence-corrected chi connectivity index (χ4v) is 1.76. The largest absolute Gasteiger partial charge is 0.465 e. The summed E-state index contributed by atoms with van der Waals surface area (Å²) in [5.41, 5.74) is -0.243. The van der Waals surface area contributed by atoms with E-state index in [0.717, 1.165) is 11.2 Å². The van der Waals surface area contributed by atoms with Gasteiger partial charge in [0.2, 0.25) is 0 Å². The quantitative estimate of drug-likeness (QED) is 0.355. The molecule has 0 radical (unpaired) electrons. The summed E-state index contributed by atoms with van der Waals surface area (Å²) in [6.07, 6.45) is 1.12. The molecule has 1 aliphatic heterocycles. The number of hydrogen-bond donors (Lipinski definition) is 0. The molecule has 0 saturated carbocycles. The lowest BCUT2D eigenvalue weighted by molar-refractivity contribution is -0.384. The van der Waals surface area contributed by atoms with Gasteiger partial charge in [-0.1, -0.05) is 12.1 Å². The van der Waals surface area contributed by atoms with E-state index in [2.05, 4.69) is 5.10 Å². The molecule has 8 heteroatoms. The van der Waals surface area contributed by atoms with Crippen LogP contribution in [-0.2, 0) is 14.3 Å². The zero-order chi connectivity index (χ0) is 14.7. The van der Waals surface area contributed by atoms with Crippen LogP contribution in [0, 0.1) is 16.0 Å². The minimum Gasteiger partial charge on any atom is -0.465 e. The van der Waals surface area contributed by atoms with Crippen LogP contribution in [0.4, 0.5) is 11.4 Å². The van der Waals surface area contributed by atoms with E-state index in [-0.39, 0.29) is 18.0 Å². The van der Waals surface area contributed by atoms with Crippen LogP contribution in [0.2, 0.25) is 0 Å². The van der Waals surface area contributed by atoms with Gasteiger partial charge in [0, 0.05) is 12.3 Å². The topological polar surface area (TPSA) is 102 Å². The number of ether oxygens (including phenoxy) is 1. The molecule has 1 amide bonds. The number of anilines is 1. The van der Waals surface area contributed by atoms with Crippen molar-refractivity contribution >= 4 is 29.5 Å². The first kappa shape index (κ1) is 13.7. The van der Waals surface area contributed by atoms with Crippen molar-refractivity contribution in [2.75, 3.05) is 11.6 Å². The first-order chi connectivity index (χ1) is 9.56. The summed E-state index contributed by atoms with van der Waals surface area (Å²) in [4.78, 5) is 33.9. The maximum Gasteiger partial charge on any atom is 0.324 e. The summed E-state index contributed by atoms with van der Waals surface area (Å²) < 4.78 is 4.75. The van der Waals surface area contributed by atoms with Crippen molar-refractivity contribution in [3.63, 3.8) is 0 Å². The number of esters is 1. The van der Waals surface area contributed by atoms with Gasteiger partial charge in [-0.3, -0.25) is 19.7 Å². The fourth-order valence-electron chi connectivity index (χ4n) is 1.76. The van der Waals surface area contributed by atoms with Crippen molar-refractivity contribution < 1.29 is 19.2 Å². The highest BCUT2D eigenvalue weighted by atomic mass is 16.6. The molecule has 1 unspecified atom stereocenters. The summed E-state index contributed by atoms with van der Waals surface area (Å²) >= 11 is 0. The third-order valence-corrected chi connectivity index (χ3v) is 2.65. The SMILES string of the molecule is CCOC(=O)C1C=NN(c2ccccc2[N+](=O)[O-])C1=O. The first-order valence-corrected chi connectivity index (χ1v) is 5.84. The Hall–Kier alpha value is -2.77. The molecule has 1 heterocycles.